The van der Waals surface area contributed by atoms with Crippen LogP contribution in [0.1, 0.15) is 36.8 Å². The standard InChI is InChI=1S/C13H14FNO2/c1-9-6-10(17)7-11(12(9)14)13(15-8-16)4-2-3-5-13/h6-7,17H,2-5H2,1H3. The van der Waals surface area contributed by atoms with Gasteiger partial charge >= 0.3 is 0 Å². The number of carbonyl (C=O) groups excluding carboxylic acids is 1. The molecule has 1 aliphatic rings. The number of halogens is 1. The maximum Gasteiger partial charge on any atom is 0.235 e. The highest BCUT2D eigenvalue weighted by Crippen LogP contribution is 2.44. The molecule has 0 amide bonds. The Morgan fingerprint density at radius 2 is 2.06 bits per heavy atom. The number of aryl methyl sites for hydroxylation is 1. The van der Waals surface area contributed by atoms with Crippen molar-refractivity contribution in [3.8, 4) is 5.75 Å². The smallest absolute Gasteiger partial charge is 0.235 e. The third kappa shape index (κ3) is 1.96. The molecule has 1 fully saturated rings. The minimum absolute atomic E-state index is 0.00581. The number of aliphatic imine (C=N–C) groups is 1. The summed E-state index contributed by atoms with van der Waals surface area (Å²) >= 11 is 0. The molecule has 1 aliphatic carbocycles. The van der Waals surface area contributed by atoms with E-state index in [0.29, 0.717) is 24.0 Å². The van der Waals surface area contributed by atoms with Crippen molar-refractivity contribution in [2.45, 2.75) is 38.1 Å². The molecule has 0 bridgehead atoms. The van der Waals surface area contributed by atoms with Gasteiger partial charge in [-0.25, -0.2) is 9.18 Å². The first-order valence-corrected chi connectivity index (χ1v) is 5.68. The Labute approximate surface area is 99.0 Å². The second kappa shape index (κ2) is 4.30. The van der Waals surface area contributed by atoms with Gasteiger partial charge in [0.1, 0.15) is 17.1 Å². The molecule has 1 aromatic carbocycles. The van der Waals surface area contributed by atoms with Gasteiger partial charge in [0.2, 0.25) is 6.08 Å². The molecular weight excluding hydrogens is 221 g/mol. The Hall–Kier alpha value is -1.67. The summed E-state index contributed by atoms with van der Waals surface area (Å²) in [6.07, 6.45) is 4.60. The molecule has 0 heterocycles. The van der Waals surface area contributed by atoms with Gasteiger partial charge in [-0.2, -0.15) is 4.99 Å². The van der Waals surface area contributed by atoms with E-state index >= 15 is 0 Å². The van der Waals surface area contributed by atoms with Crippen LogP contribution >= 0.6 is 0 Å². The molecule has 2 rings (SSSR count). The fourth-order valence-corrected chi connectivity index (χ4v) is 2.58. The summed E-state index contributed by atoms with van der Waals surface area (Å²) in [6, 6.07) is 2.74. The molecule has 0 aliphatic heterocycles. The summed E-state index contributed by atoms with van der Waals surface area (Å²) in [5.41, 5.74) is -0.141. The van der Waals surface area contributed by atoms with Gasteiger partial charge in [-0.1, -0.05) is 12.8 Å². The van der Waals surface area contributed by atoms with Crippen molar-refractivity contribution in [1.29, 1.82) is 0 Å². The lowest BCUT2D eigenvalue weighted by molar-refractivity contribution is 0.418. The molecule has 0 spiro atoms. The molecule has 0 saturated heterocycles. The van der Waals surface area contributed by atoms with Crippen LogP contribution in [0.2, 0.25) is 0 Å². The molecule has 0 aromatic heterocycles. The molecule has 0 atom stereocenters. The van der Waals surface area contributed by atoms with Gasteiger partial charge in [-0.05, 0) is 37.5 Å². The number of hydrogen-bond acceptors (Lipinski definition) is 3. The van der Waals surface area contributed by atoms with Crippen LogP contribution in [0.4, 0.5) is 4.39 Å². The van der Waals surface area contributed by atoms with E-state index in [1.807, 2.05) is 0 Å². The zero-order chi connectivity index (χ0) is 12.5. The van der Waals surface area contributed by atoms with Gasteiger partial charge in [-0.3, -0.25) is 0 Å². The van der Waals surface area contributed by atoms with Crippen LogP contribution in [0.3, 0.4) is 0 Å². The first kappa shape index (κ1) is 11.8. The lowest BCUT2D eigenvalue weighted by Gasteiger charge is -2.24. The Balaban J connectivity index is 2.61. The fourth-order valence-electron chi connectivity index (χ4n) is 2.58. The Bertz CT molecular complexity index is 486. The monoisotopic (exact) mass is 235 g/mol. The molecule has 1 N–H and O–H groups in total. The quantitative estimate of drug-likeness (QED) is 0.633. The van der Waals surface area contributed by atoms with Crippen LogP contribution in [0.5, 0.6) is 5.75 Å². The summed E-state index contributed by atoms with van der Waals surface area (Å²) < 4.78 is 14.1. The maximum absolute atomic E-state index is 14.1. The number of phenolic OH excluding ortho intramolecular Hbond substituents is 1. The maximum atomic E-state index is 14.1. The first-order chi connectivity index (χ1) is 8.09. The highest BCUT2D eigenvalue weighted by molar-refractivity contribution is 5.43. The van der Waals surface area contributed by atoms with Crippen molar-refractivity contribution in [2.75, 3.05) is 0 Å². The molecule has 1 aromatic rings. The van der Waals surface area contributed by atoms with E-state index in [1.165, 1.54) is 12.1 Å². The van der Waals surface area contributed by atoms with Crippen LogP contribution in [0.15, 0.2) is 17.1 Å². The van der Waals surface area contributed by atoms with Gasteiger partial charge in [0.05, 0.1) is 0 Å². The van der Waals surface area contributed by atoms with Gasteiger partial charge in [-0.15, -0.1) is 0 Å². The van der Waals surface area contributed by atoms with E-state index < -0.39 is 5.54 Å². The van der Waals surface area contributed by atoms with Crippen molar-refractivity contribution in [3.63, 3.8) is 0 Å². The summed E-state index contributed by atoms with van der Waals surface area (Å²) in [4.78, 5) is 14.4. The summed E-state index contributed by atoms with van der Waals surface area (Å²) in [6.45, 7) is 1.59. The van der Waals surface area contributed by atoms with Crippen molar-refractivity contribution in [2.24, 2.45) is 4.99 Å². The van der Waals surface area contributed by atoms with E-state index in [1.54, 1.807) is 13.0 Å². The van der Waals surface area contributed by atoms with Crippen LogP contribution in [0, 0.1) is 12.7 Å². The van der Waals surface area contributed by atoms with E-state index in [0.717, 1.165) is 12.8 Å². The SMILES string of the molecule is Cc1cc(O)cc(C2(N=C=O)CCCC2)c1F. The normalized spacial score (nSPS) is 17.8. The second-order valence-electron chi connectivity index (χ2n) is 4.57. The second-order valence-corrected chi connectivity index (χ2v) is 4.57. The third-order valence-corrected chi connectivity index (χ3v) is 3.43. The topological polar surface area (TPSA) is 49.7 Å². The molecule has 1 saturated carbocycles. The predicted molar refractivity (Wildman–Crippen MR) is 61.1 cm³/mol. The number of isocyanates is 1. The average molecular weight is 235 g/mol. The van der Waals surface area contributed by atoms with Crippen molar-refractivity contribution < 1.29 is 14.3 Å². The number of phenols is 1. The summed E-state index contributed by atoms with van der Waals surface area (Å²) in [7, 11) is 0. The van der Waals surface area contributed by atoms with Crippen LogP contribution < -0.4 is 0 Å². The zero-order valence-electron chi connectivity index (χ0n) is 9.66. The van der Waals surface area contributed by atoms with Gasteiger partial charge in [0, 0.05) is 5.56 Å². The van der Waals surface area contributed by atoms with Gasteiger partial charge < -0.3 is 5.11 Å². The highest BCUT2D eigenvalue weighted by atomic mass is 19.1. The number of rotatable bonds is 2. The van der Waals surface area contributed by atoms with Crippen LogP contribution in [-0.2, 0) is 10.3 Å². The average Bonchev–Trinajstić information content (AvgIpc) is 2.73. The van der Waals surface area contributed by atoms with E-state index in [-0.39, 0.29) is 11.6 Å². The van der Waals surface area contributed by atoms with Gasteiger partial charge in [0.15, 0.2) is 0 Å². The lowest BCUT2D eigenvalue weighted by atomic mass is 9.87. The molecule has 17 heavy (non-hydrogen) atoms. The molecule has 3 nitrogen and oxygen atoms in total. The first-order valence-electron chi connectivity index (χ1n) is 5.68. The molecular formula is C13H14FNO2. The molecule has 0 unspecified atom stereocenters. The number of aromatic hydroxyl groups is 1. The van der Waals surface area contributed by atoms with Gasteiger partial charge in [0.25, 0.3) is 0 Å². The van der Waals surface area contributed by atoms with Crippen LogP contribution in [0.25, 0.3) is 0 Å². The minimum atomic E-state index is -0.824. The lowest BCUT2D eigenvalue weighted by Crippen LogP contribution is -2.21. The number of benzene rings is 1. The Morgan fingerprint density at radius 3 is 2.65 bits per heavy atom. The van der Waals surface area contributed by atoms with E-state index in [9.17, 15) is 14.3 Å². The Morgan fingerprint density at radius 1 is 1.41 bits per heavy atom. The summed E-state index contributed by atoms with van der Waals surface area (Å²) in [5, 5.41) is 9.55. The molecule has 4 heteroatoms. The largest absolute Gasteiger partial charge is 0.508 e. The molecule has 90 valence electrons. The highest BCUT2D eigenvalue weighted by Gasteiger charge is 2.38. The van der Waals surface area contributed by atoms with Crippen molar-refractivity contribution in [1.82, 2.24) is 0 Å². The van der Waals surface area contributed by atoms with E-state index in [4.69, 9.17) is 0 Å². The number of hydrogen-bond donors (Lipinski definition) is 1. The molecule has 0 radical (unpaired) electrons. The Kier molecular flexibility index (Phi) is 2.99. The third-order valence-electron chi connectivity index (χ3n) is 3.43. The zero-order valence-corrected chi connectivity index (χ0v) is 9.66. The number of nitrogens with zero attached hydrogens (tertiary/aromatic N) is 1. The van der Waals surface area contributed by atoms with Crippen molar-refractivity contribution >= 4 is 6.08 Å². The van der Waals surface area contributed by atoms with Crippen LogP contribution in [-0.4, -0.2) is 11.2 Å². The minimum Gasteiger partial charge on any atom is -0.508 e. The van der Waals surface area contributed by atoms with Crippen molar-refractivity contribution in [3.05, 3.63) is 29.1 Å². The van der Waals surface area contributed by atoms with E-state index in [2.05, 4.69) is 4.99 Å². The summed E-state index contributed by atoms with van der Waals surface area (Å²) in [5.74, 6) is -0.380. The fraction of sp³-hybridized carbons (Fsp3) is 0.462. The predicted octanol–water partition coefficient (Wildman–Crippen LogP) is 2.94.